The van der Waals surface area contributed by atoms with E-state index in [1.165, 1.54) is 13.8 Å². The highest BCUT2D eigenvalue weighted by Gasteiger charge is 2.45. The maximum absolute atomic E-state index is 13.5. The Bertz CT molecular complexity index is 2430. The molecule has 0 saturated heterocycles. The van der Waals surface area contributed by atoms with Crippen LogP contribution in [0.4, 0.5) is 22.7 Å². The second-order valence-corrected chi connectivity index (χ2v) is 20.1. The number of alkyl halides is 1. The SMILES string of the molecule is CC(=O)N1c2ccc(CBr)cc2NC2=C(C(=O)CC(C)(C)C2)C1c1ccc(Cl)cc1Cl.CC(=O)N1c2ccc(CO)cc2NC2=C(C(=O)CC(C)(C)C2)C1c1ccc(Cl)cc1Cl. The number of carbonyl (C=O) groups excluding carboxylic acids is 4. The summed E-state index contributed by atoms with van der Waals surface area (Å²) >= 11 is 29.0. The minimum atomic E-state index is -0.686. The molecule has 2 amide bonds. The normalized spacial score (nSPS) is 20.0. The van der Waals surface area contributed by atoms with Gasteiger partial charge in [0.25, 0.3) is 0 Å². The second kappa shape index (κ2) is 17.8. The summed E-state index contributed by atoms with van der Waals surface area (Å²) in [5.74, 6) is -0.384. The fourth-order valence-electron chi connectivity index (χ4n) is 9.10. The van der Waals surface area contributed by atoms with E-state index in [0.717, 1.165) is 22.6 Å². The number of nitrogens with one attached hydrogen (secondary N) is 2. The molecule has 4 aromatic rings. The molecular formula is C48H47BrCl4N4O5. The lowest BCUT2D eigenvalue weighted by molar-refractivity contribution is -0.120. The van der Waals surface area contributed by atoms with Crippen molar-refractivity contribution in [1.29, 1.82) is 0 Å². The first-order chi connectivity index (χ1) is 29.2. The second-order valence-electron chi connectivity index (χ2n) is 17.8. The van der Waals surface area contributed by atoms with Gasteiger partial charge in [0.15, 0.2) is 11.6 Å². The fourth-order valence-corrected chi connectivity index (χ4v) is 10.5. The number of nitrogens with zero attached hydrogens (tertiary/aromatic N) is 2. The number of carbonyl (C=O) groups is 4. The van der Waals surface area contributed by atoms with Crippen LogP contribution in [0.5, 0.6) is 0 Å². The van der Waals surface area contributed by atoms with Gasteiger partial charge in [-0.25, -0.2) is 0 Å². The molecule has 2 heterocycles. The number of halogens is 5. The van der Waals surface area contributed by atoms with Gasteiger partial charge in [0.1, 0.15) is 0 Å². The van der Waals surface area contributed by atoms with Gasteiger partial charge in [0.2, 0.25) is 11.8 Å². The summed E-state index contributed by atoms with van der Waals surface area (Å²) in [7, 11) is 0. The largest absolute Gasteiger partial charge is 0.392 e. The van der Waals surface area contributed by atoms with Crippen LogP contribution in [0.1, 0.15) is 102 Å². The first kappa shape index (κ1) is 45.9. The first-order valence-electron chi connectivity index (χ1n) is 20.2. The summed E-state index contributed by atoms with van der Waals surface area (Å²) in [6.45, 7) is 11.1. The van der Waals surface area contributed by atoms with Crippen molar-refractivity contribution in [2.24, 2.45) is 10.8 Å². The number of aliphatic hydroxyl groups excluding tert-OH is 1. The van der Waals surface area contributed by atoms with Gasteiger partial charge in [-0.05, 0) is 94.5 Å². The van der Waals surface area contributed by atoms with Crippen molar-refractivity contribution in [3.8, 4) is 0 Å². The molecule has 4 aliphatic rings. The van der Waals surface area contributed by atoms with Gasteiger partial charge in [0, 0.05) is 74.7 Å². The summed E-state index contributed by atoms with van der Waals surface area (Å²) in [6.07, 6.45) is 2.12. The molecule has 62 heavy (non-hydrogen) atoms. The van der Waals surface area contributed by atoms with Gasteiger partial charge in [-0.1, -0.05) is 114 Å². The highest BCUT2D eigenvalue weighted by molar-refractivity contribution is 9.08. The van der Waals surface area contributed by atoms with E-state index in [9.17, 15) is 24.3 Å². The predicted molar refractivity (Wildman–Crippen MR) is 254 cm³/mol. The fraction of sp³-hybridized carbons (Fsp3) is 0.333. The van der Waals surface area contributed by atoms with Crippen LogP contribution < -0.4 is 20.4 Å². The van der Waals surface area contributed by atoms with E-state index in [-0.39, 0.29) is 40.8 Å². The molecule has 0 radical (unpaired) electrons. The number of anilines is 4. The average molecular weight is 982 g/mol. The van der Waals surface area contributed by atoms with Crippen LogP contribution >= 0.6 is 62.3 Å². The van der Waals surface area contributed by atoms with Crippen molar-refractivity contribution in [2.45, 2.75) is 91.2 Å². The van der Waals surface area contributed by atoms with Gasteiger partial charge >= 0.3 is 0 Å². The quantitative estimate of drug-likeness (QED) is 0.174. The summed E-state index contributed by atoms with van der Waals surface area (Å²) in [4.78, 5) is 56.2. The van der Waals surface area contributed by atoms with Crippen LogP contribution in [0.3, 0.4) is 0 Å². The standard InChI is InChI=1S/C24H23BrCl2N2O2.C24H24Cl2N2O3/c1-13(30)29-20-7-4-14(12-25)8-18(20)28-19-10-24(2,3)11-21(31)22(19)23(29)16-6-5-15(26)9-17(16)27;1-13(30)28-20-7-4-14(12-29)8-18(20)27-19-10-24(2,3)11-21(31)22(19)23(28)16-6-5-15(25)9-17(16)26/h4-9,23,28H,10-12H2,1-3H3;4-9,23,27,29H,10-12H2,1-3H3. The van der Waals surface area contributed by atoms with Crippen molar-refractivity contribution in [2.75, 3.05) is 20.4 Å². The minimum absolute atomic E-state index is 0.0174. The third-order valence-electron chi connectivity index (χ3n) is 11.6. The predicted octanol–water partition coefficient (Wildman–Crippen LogP) is 12.7. The van der Waals surface area contributed by atoms with E-state index in [2.05, 4.69) is 54.3 Å². The van der Waals surface area contributed by atoms with Gasteiger partial charge in [-0.15, -0.1) is 0 Å². The van der Waals surface area contributed by atoms with Crippen molar-refractivity contribution in [3.63, 3.8) is 0 Å². The molecule has 2 atom stereocenters. The molecule has 0 spiro atoms. The zero-order valence-electron chi connectivity index (χ0n) is 35.2. The Labute approximate surface area is 390 Å². The molecule has 2 aliphatic carbocycles. The van der Waals surface area contributed by atoms with Gasteiger partial charge in [-0.2, -0.15) is 0 Å². The Morgan fingerprint density at radius 1 is 0.645 bits per heavy atom. The maximum atomic E-state index is 13.5. The molecule has 0 fully saturated rings. The number of hydrogen-bond acceptors (Lipinski definition) is 7. The summed E-state index contributed by atoms with van der Waals surface area (Å²) in [5.41, 5.74) is 8.26. The number of fused-ring (bicyclic) bond motifs is 2. The molecule has 0 bridgehead atoms. The van der Waals surface area contributed by atoms with Crippen LogP contribution in [0, 0.1) is 10.8 Å². The van der Waals surface area contributed by atoms with Gasteiger partial charge in [0.05, 0.1) is 41.4 Å². The Morgan fingerprint density at radius 3 is 1.42 bits per heavy atom. The number of aliphatic hydroxyl groups is 1. The van der Waals surface area contributed by atoms with Gasteiger partial charge < -0.3 is 15.7 Å². The number of rotatable bonds is 4. The third kappa shape index (κ3) is 9.10. The van der Waals surface area contributed by atoms with E-state index in [0.29, 0.717) is 96.0 Å². The van der Waals surface area contributed by atoms with Crippen LogP contribution in [0.25, 0.3) is 0 Å². The maximum Gasteiger partial charge on any atom is 0.224 e. The van der Waals surface area contributed by atoms with Gasteiger partial charge in [-0.3, -0.25) is 29.0 Å². The smallest absolute Gasteiger partial charge is 0.224 e. The summed E-state index contributed by atoms with van der Waals surface area (Å²) in [5, 5.41) is 19.0. The van der Waals surface area contributed by atoms with E-state index >= 15 is 0 Å². The molecule has 14 heteroatoms. The molecule has 3 N–H and O–H groups in total. The van der Waals surface area contributed by atoms with E-state index < -0.39 is 12.1 Å². The molecule has 0 saturated carbocycles. The number of hydrogen-bond donors (Lipinski definition) is 3. The lowest BCUT2D eigenvalue weighted by Gasteiger charge is -2.37. The summed E-state index contributed by atoms with van der Waals surface area (Å²) < 4.78 is 0. The number of amides is 2. The Kier molecular flexibility index (Phi) is 13.1. The zero-order valence-corrected chi connectivity index (χ0v) is 39.8. The molecule has 8 rings (SSSR count). The highest BCUT2D eigenvalue weighted by atomic mass is 79.9. The van der Waals surface area contributed by atoms with Crippen LogP contribution in [0.15, 0.2) is 95.3 Å². The monoisotopic (exact) mass is 978 g/mol. The lowest BCUT2D eigenvalue weighted by Crippen LogP contribution is -2.38. The summed E-state index contributed by atoms with van der Waals surface area (Å²) in [6, 6.07) is 20.3. The average Bonchev–Trinajstić information content (AvgIpc) is 3.40. The van der Waals surface area contributed by atoms with Crippen LogP contribution in [0.2, 0.25) is 20.1 Å². The Morgan fingerprint density at radius 2 is 1.05 bits per heavy atom. The van der Waals surface area contributed by atoms with E-state index in [1.54, 1.807) is 58.3 Å². The van der Waals surface area contributed by atoms with Crippen molar-refractivity contribution in [3.05, 3.63) is 138 Å². The topological polar surface area (TPSA) is 119 Å². The number of benzene rings is 4. The van der Waals surface area contributed by atoms with Crippen LogP contribution in [-0.2, 0) is 31.1 Å². The van der Waals surface area contributed by atoms with Crippen LogP contribution in [-0.4, -0.2) is 28.5 Å². The number of ketones is 2. The first-order valence-corrected chi connectivity index (χ1v) is 22.8. The molecule has 2 unspecified atom stereocenters. The minimum Gasteiger partial charge on any atom is -0.392 e. The molecule has 0 aromatic heterocycles. The number of allylic oxidation sites excluding steroid dienone is 2. The van der Waals surface area contributed by atoms with E-state index in [4.69, 9.17) is 46.4 Å². The molecule has 2 aliphatic heterocycles. The van der Waals surface area contributed by atoms with E-state index in [1.807, 2.05) is 24.3 Å². The molecular weight excluding hydrogens is 934 g/mol. The molecule has 4 aromatic carbocycles. The van der Waals surface area contributed by atoms with Crippen molar-refractivity contribution < 1.29 is 24.3 Å². The Balaban J connectivity index is 0.000000186. The Hall–Kier alpha value is -4.16. The highest BCUT2D eigenvalue weighted by Crippen LogP contribution is 2.52. The third-order valence-corrected chi connectivity index (χ3v) is 13.4. The van der Waals surface area contributed by atoms with Crippen molar-refractivity contribution >= 4 is 108 Å². The lowest BCUT2D eigenvalue weighted by atomic mass is 9.73. The molecule has 9 nitrogen and oxygen atoms in total. The zero-order chi connectivity index (χ0) is 45.0. The number of Topliss-reactive ketones (excluding diaryl/α,β-unsaturated/α-hetero) is 2. The van der Waals surface area contributed by atoms with Crippen molar-refractivity contribution in [1.82, 2.24) is 0 Å². The molecule has 324 valence electrons.